The smallest absolute Gasteiger partial charge is 0.324 e. The molecule has 102 valence electrons. The van der Waals surface area contributed by atoms with Crippen LogP contribution < -0.4 is 5.32 Å². The number of methoxy groups -OCH3 is 1. The van der Waals surface area contributed by atoms with Crippen LogP contribution in [0.5, 0.6) is 0 Å². The molecule has 1 atom stereocenters. The summed E-state index contributed by atoms with van der Waals surface area (Å²) in [5, 5.41) is 3.21. The van der Waals surface area contributed by atoms with Crippen molar-refractivity contribution in [1.82, 2.24) is 14.9 Å². The van der Waals surface area contributed by atoms with Crippen LogP contribution in [0.25, 0.3) is 0 Å². The third-order valence-electron chi connectivity index (χ3n) is 2.66. The summed E-state index contributed by atoms with van der Waals surface area (Å²) in [5.74, 6) is 1.07. The van der Waals surface area contributed by atoms with Gasteiger partial charge >= 0.3 is 5.97 Å². The molecular formula is C13H23N3O2. The van der Waals surface area contributed by atoms with Crippen molar-refractivity contribution in [2.75, 3.05) is 7.11 Å². The topological polar surface area (TPSA) is 56.2 Å². The molecule has 0 fully saturated rings. The van der Waals surface area contributed by atoms with Gasteiger partial charge in [0.05, 0.1) is 7.11 Å². The number of hydrogen-bond donors (Lipinski definition) is 1. The molecule has 1 N–H and O–H groups in total. The van der Waals surface area contributed by atoms with Gasteiger partial charge in [0, 0.05) is 30.9 Å². The van der Waals surface area contributed by atoms with Crippen LogP contribution in [0.3, 0.4) is 0 Å². The Balaban J connectivity index is 2.82. The molecule has 0 amide bonds. The van der Waals surface area contributed by atoms with E-state index in [0.29, 0.717) is 12.5 Å². The van der Waals surface area contributed by atoms with Gasteiger partial charge in [-0.05, 0) is 0 Å². The fourth-order valence-electron chi connectivity index (χ4n) is 1.91. The molecule has 18 heavy (non-hydrogen) atoms. The fourth-order valence-corrected chi connectivity index (χ4v) is 1.91. The molecule has 0 aliphatic carbocycles. The lowest BCUT2D eigenvalue weighted by Gasteiger charge is -2.21. The van der Waals surface area contributed by atoms with E-state index in [1.807, 2.05) is 24.6 Å². The summed E-state index contributed by atoms with van der Waals surface area (Å²) >= 11 is 0. The maximum Gasteiger partial charge on any atom is 0.324 e. The van der Waals surface area contributed by atoms with Crippen molar-refractivity contribution in [3.63, 3.8) is 0 Å². The van der Waals surface area contributed by atoms with E-state index in [-0.39, 0.29) is 18.1 Å². The van der Waals surface area contributed by atoms with Gasteiger partial charge in [-0.2, -0.15) is 0 Å². The minimum atomic E-state index is -0.346. The molecule has 5 nitrogen and oxygen atoms in total. The number of carbonyl (C=O) groups is 1. The van der Waals surface area contributed by atoms with E-state index in [9.17, 15) is 4.79 Å². The number of ether oxygens (including phenoxy) is 1. The van der Waals surface area contributed by atoms with Crippen LogP contribution >= 0.6 is 0 Å². The lowest BCUT2D eigenvalue weighted by atomic mass is 10.2. The number of imidazole rings is 1. The molecule has 1 unspecified atom stereocenters. The van der Waals surface area contributed by atoms with Gasteiger partial charge in [0.2, 0.25) is 0 Å². The molecule has 1 aromatic rings. The van der Waals surface area contributed by atoms with Crippen LogP contribution in [-0.2, 0) is 16.1 Å². The highest BCUT2D eigenvalue weighted by Gasteiger charge is 2.21. The van der Waals surface area contributed by atoms with Crippen LogP contribution in [-0.4, -0.2) is 34.7 Å². The Morgan fingerprint density at radius 3 is 2.61 bits per heavy atom. The van der Waals surface area contributed by atoms with Crippen LogP contribution in [0.2, 0.25) is 0 Å². The second kappa shape index (κ2) is 6.54. The molecule has 5 heteroatoms. The largest absolute Gasteiger partial charge is 0.468 e. The Hall–Kier alpha value is -1.36. The van der Waals surface area contributed by atoms with Gasteiger partial charge in [-0.1, -0.05) is 27.7 Å². The molecule has 0 radical (unpaired) electrons. The van der Waals surface area contributed by atoms with Crippen LogP contribution in [0, 0.1) is 0 Å². The van der Waals surface area contributed by atoms with Crippen molar-refractivity contribution < 1.29 is 9.53 Å². The quantitative estimate of drug-likeness (QED) is 0.781. The summed E-state index contributed by atoms with van der Waals surface area (Å²) in [7, 11) is 1.41. The molecule has 0 aromatic carbocycles. The van der Waals surface area contributed by atoms with Gasteiger partial charge < -0.3 is 14.6 Å². The molecule has 1 heterocycles. The first-order valence-electron chi connectivity index (χ1n) is 6.30. The number of aromatic nitrogens is 2. The standard InChI is InChI=1S/C13H23N3O2/c1-9(2)12-14-6-7-16(12)8-11(13(17)18-5)15-10(3)4/h6-7,9-11,15H,8H2,1-5H3. The Morgan fingerprint density at radius 1 is 1.44 bits per heavy atom. The summed E-state index contributed by atoms with van der Waals surface area (Å²) in [6, 6.07) is -0.123. The Labute approximate surface area is 109 Å². The van der Waals surface area contributed by atoms with Crippen molar-refractivity contribution in [1.29, 1.82) is 0 Å². The Bertz CT molecular complexity index is 385. The van der Waals surface area contributed by atoms with E-state index < -0.39 is 0 Å². The second-order valence-corrected chi connectivity index (χ2v) is 4.99. The zero-order valence-corrected chi connectivity index (χ0v) is 11.8. The highest BCUT2D eigenvalue weighted by Crippen LogP contribution is 2.12. The summed E-state index contributed by atoms with van der Waals surface area (Å²) < 4.78 is 6.83. The lowest BCUT2D eigenvalue weighted by Crippen LogP contribution is -2.44. The van der Waals surface area contributed by atoms with E-state index in [0.717, 1.165) is 5.82 Å². The minimum absolute atomic E-state index is 0.222. The van der Waals surface area contributed by atoms with Gasteiger partial charge in [0.1, 0.15) is 11.9 Å². The maximum atomic E-state index is 11.7. The number of rotatable bonds is 6. The summed E-state index contributed by atoms with van der Waals surface area (Å²) in [5.41, 5.74) is 0. The third kappa shape index (κ3) is 3.84. The van der Waals surface area contributed by atoms with E-state index in [4.69, 9.17) is 4.74 Å². The van der Waals surface area contributed by atoms with Crippen molar-refractivity contribution in [3.8, 4) is 0 Å². The van der Waals surface area contributed by atoms with Crippen molar-refractivity contribution in [3.05, 3.63) is 18.2 Å². The first-order chi connectivity index (χ1) is 8.45. The molecule has 0 saturated carbocycles. The van der Waals surface area contributed by atoms with Crippen molar-refractivity contribution in [2.24, 2.45) is 0 Å². The zero-order chi connectivity index (χ0) is 13.7. The summed E-state index contributed by atoms with van der Waals surface area (Å²) in [6.07, 6.45) is 3.66. The molecule has 0 spiro atoms. The highest BCUT2D eigenvalue weighted by molar-refractivity contribution is 5.75. The van der Waals surface area contributed by atoms with E-state index in [2.05, 4.69) is 24.1 Å². The molecular weight excluding hydrogens is 230 g/mol. The van der Waals surface area contributed by atoms with E-state index >= 15 is 0 Å². The van der Waals surface area contributed by atoms with Gasteiger partial charge in [-0.25, -0.2) is 4.98 Å². The lowest BCUT2D eigenvalue weighted by molar-refractivity contribution is -0.143. The molecule has 0 aliphatic heterocycles. The van der Waals surface area contributed by atoms with Gasteiger partial charge in [-0.15, -0.1) is 0 Å². The van der Waals surface area contributed by atoms with Crippen LogP contribution in [0.4, 0.5) is 0 Å². The zero-order valence-electron chi connectivity index (χ0n) is 11.8. The van der Waals surface area contributed by atoms with Crippen molar-refractivity contribution >= 4 is 5.97 Å². The first-order valence-corrected chi connectivity index (χ1v) is 6.30. The normalized spacial score (nSPS) is 13.1. The third-order valence-corrected chi connectivity index (χ3v) is 2.66. The van der Waals surface area contributed by atoms with E-state index in [1.165, 1.54) is 7.11 Å². The molecule has 0 saturated heterocycles. The summed E-state index contributed by atoms with van der Waals surface area (Å²) in [4.78, 5) is 16.1. The van der Waals surface area contributed by atoms with Crippen LogP contribution in [0.1, 0.15) is 39.4 Å². The number of hydrogen-bond acceptors (Lipinski definition) is 4. The molecule has 0 aliphatic rings. The Morgan fingerprint density at radius 2 is 2.11 bits per heavy atom. The average molecular weight is 253 g/mol. The predicted octanol–water partition coefficient (Wildman–Crippen LogP) is 1.55. The predicted molar refractivity (Wildman–Crippen MR) is 70.4 cm³/mol. The minimum Gasteiger partial charge on any atom is -0.468 e. The summed E-state index contributed by atoms with van der Waals surface area (Å²) in [6.45, 7) is 8.72. The Kier molecular flexibility index (Phi) is 5.34. The maximum absolute atomic E-state index is 11.7. The number of esters is 1. The van der Waals surface area contributed by atoms with E-state index in [1.54, 1.807) is 6.20 Å². The fraction of sp³-hybridized carbons (Fsp3) is 0.692. The second-order valence-electron chi connectivity index (χ2n) is 4.99. The molecule has 0 bridgehead atoms. The highest BCUT2D eigenvalue weighted by atomic mass is 16.5. The molecule has 1 aromatic heterocycles. The molecule has 1 rings (SSSR count). The number of nitrogens with one attached hydrogen (secondary N) is 1. The van der Waals surface area contributed by atoms with Crippen LogP contribution in [0.15, 0.2) is 12.4 Å². The number of carbonyl (C=O) groups excluding carboxylic acids is 1. The SMILES string of the molecule is COC(=O)C(Cn1ccnc1C(C)C)NC(C)C. The van der Waals surface area contributed by atoms with Crippen molar-refractivity contribution in [2.45, 2.75) is 52.2 Å². The first kappa shape index (κ1) is 14.7. The van der Waals surface area contributed by atoms with Gasteiger partial charge in [-0.3, -0.25) is 4.79 Å². The monoisotopic (exact) mass is 253 g/mol. The number of nitrogens with zero attached hydrogens (tertiary/aromatic N) is 2. The van der Waals surface area contributed by atoms with Gasteiger partial charge in [0.15, 0.2) is 0 Å². The van der Waals surface area contributed by atoms with Gasteiger partial charge in [0.25, 0.3) is 0 Å². The average Bonchev–Trinajstić information content (AvgIpc) is 2.74.